The summed E-state index contributed by atoms with van der Waals surface area (Å²) in [7, 11) is 0. The Morgan fingerprint density at radius 3 is 2.77 bits per heavy atom. The molecule has 1 spiro atoms. The minimum Gasteiger partial charge on any atom is -0.350 e. The maximum Gasteiger partial charge on any atom is 0.325 e. The van der Waals surface area contributed by atoms with E-state index in [1.807, 2.05) is 26.8 Å². The molecule has 8 heteroatoms. The molecule has 2 fully saturated rings. The monoisotopic (exact) mass is 428 g/mol. The molecule has 3 atom stereocenters. The number of amides is 5. The molecular weight excluding hydrogens is 396 g/mol. The molecule has 2 aliphatic rings. The molecule has 1 saturated heterocycles. The van der Waals surface area contributed by atoms with E-state index < -0.39 is 17.5 Å². The van der Waals surface area contributed by atoms with Gasteiger partial charge in [0.2, 0.25) is 5.91 Å². The number of hydrogen-bond donors (Lipinski definition) is 3. The lowest BCUT2D eigenvalue weighted by Gasteiger charge is -2.36. The smallest absolute Gasteiger partial charge is 0.325 e. The number of imide groups is 1. The molecule has 1 aliphatic carbocycles. The van der Waals surface area contributed by atoms with Crippen LogP contribution in [0, 0.1) is 5.92 Å². The van der Waals surface area contributed by atoms with Gasteiger partial charge < -0.3 is 16.0 Å². The highest BCUT2D eigenvalue weighted by atomic mass is 16.2. The first-order valence-electron chi connectivity index (χ1n) is 11.1. The fraction of sp³-hybridized carbons (Fsp3) is 0.565. The molecule has 3 N–H and O–H groups in total. The highest BCUT2D eigenvalue weighted by Crippen LogP contribution is 2.38. The van der Waals surface area contributed by atoms with Crippen LogP contribution in [0.3, 0.4) is 0 Å². The third kappa shape index (κ3) is 4.89. The summed E-state index contributed by atoms with van der Waals surface area (Å²) in [5, 5.41) is 8.51. The molecule has 0 radical (unpaired) electrons. The summed E-state index contributed by atoms with van der Waals surface area (Å²) < 4.78 is 0. The van der Waals surface area contributed by atoms with E-state index in [1.165, 1.54) is 0 Å². The summed E-state index contributed by atoms with van der Waals surface area (Å²) in [6, 6.07) is 6.60. The summed E-state index contributed by atoms with van der Waals surface area (Å²) >= 11 is 0. The second-order valence-electron chi connectivity index (χ2n) is 8.70. The van der Waals surface area contributed by atoms with Crippen molar-refractivity contribution in [3.63, 3.8) is 0 Å². The maximum absolute atomic E-state index is 13.0. The Kier molecular flexibility index (Phi) is 6.97. The Morgan fingerprint density at radius 2 is 2.06 bits per heavy atom. The first kappa shape index (κ1) is 22.8. The van der Waals surface area contributed by atoms with Crippen molar-refractivity contribution in [3.05, 3.63) is 35.4 Å². The first-order valence-corrected chi connectivity index (χ1v) is 11.1. The fourth-order valence-corrected chi connectivity index (χ4v) is 4.27. The van der Waals surface area contributed by atoms with Crippen LogP contribution in [-0.4, -0.2) is 46.8 Å². The van der Waals surface area contributed by atoms with Crippen molar-refractivity contribution in [2.75, 3.05) is 6.54 Å². The van der Waals surface area contributed by atoms with Gasteiger partial charge in [0.25, 0.3) is 11.8 Å². The fourth-order valence-electron chi connectivity index (χ4n) is 4.27. The van der Waals surface area contributed by atoms with Crippen molar-refractivity contribution in [2.24, 2.45) is 5.92 Å². The van der Waals surface area contributed by atoms with Crippen LogP contribution < -0.4 is 16.0 Å². The zero-order valence-electron chi connectivity index (χ0n) is 18.5. The number of nitrogens with one attached hydrogen (secondary N) is 3. The van der Waals surface area contributed by atoms with Gasteiger partial charge in [-0.2, -0.15) is 0 Å². The zero-order chi connectivity index (χ0) is 22.6. The van der Waals surface area contributed by atoms with Crippen LogP contribution in [0.25, 0.3) is 0 Å². The Morgan fingerprint density at radius 1 is 1.29 bits per heavy atom. The van der Waals surface area contributed by atoms with Crippen LogP contribution in [0.5, 0.6) is 0 Å². The predicted molar refractivity (Wildman–Crippen MR) is 116 cm³/mol. The summed E-state index contributed by atoms with van der Waals surface area (Å²) in [5.74, 6) is -0.828. The van der Waals surface area contributed by atoms with Crippen molar-refractivity contribution in [3.8, 4) is 0 Å². The molecule has 1 aromatic rings. The second-order valence-corrected chi connectivity index (χ2v) is 8.70. The third-order valence-electron chi connectivity index (χ3n) is 6.47. The largest absolute Gasteiger partial charge is 0.350 e. The van der Waals surface area contributed by atoms with E-state index >= 15 is 0 Å². The molecule has 5 amide bonds. The molecule has 31 heavy (non-hydrogen) atoms. The normalized spacial score (nSPS) is 24.1. The topological polar surface area (TPSA) is 108 Å². The maximum atomic E-state index is 13.0. The van der Waals surface area contributed by atoms with Gasteiger partial charge in [0.05, 0.1) is 0 Å². The second kappa shape index (κ2) is 9.49. The van der Waals surface area contributed by atoms with Gasteiger partial charge in [-0.1, -0.05) is 38.8 Å². The zero-order valence-corrected chi connectivity index (χ0v) is 18.5. The molecule has 168 valence electrons. The molecule has 1 aliphatic heterocycles. The lowest BCUT2D eigenvalue weighted by Crippen LogP contribution is -2.54. The third-order valence-corrected chi connectivity index (χ3v) is 6.47. The van der Waals surface area contributed by atoms with Crippen LogP contribution >= 0.6 is 0 Å². The molecule has 3 unspecified atom stereocenters. The Bertz CT molecular complexity index is 871. The van der Waals surface area contributed by atoms with Gasteiger partial charge in [-0.3, -0.25) is 19.3 Å². The van der Waals surface area contributed by atoms with Crippen molar-refractivity contribution in [1.29, 1.82) is 0 Å². The summed E-state index contributed by atoms with van der Waals surface area (Å²) in [6.07, 6.45) is 4.26. The SMILES string of the molecule is CCC(C)NC(=O)c1cccc(CNC(=O)CN2C(=O)NC3(CCCCC3C)C2=O)c1. The average molecular weight is 429 g/mol. The van der Waals surface area contributed by atoms with Crippen molar-refractivity contribution in [2.45, 2.75) is 71.0 Å². The van der Waals surface area contributed by atoms with Crippen LogP contribution in [0.15, 0.2) is 24.3 Å². The highest BCUT2D eigenvalue weighted by Gasteiger charge is 2.55. The molecule has 1 heterocycles. The van der Waals surface area contributed by atoms with Crippen LogP contribution in [0.2, 0.25) is 0 Å². The van der Waals surface area contributed by atoms with E-state index in [9.17, 15) is 19.2 Å². The molecule has 0 bridgehead atoms. The number of carbonyl (C=O) groups is 4. The van der Waals surface area contributed by atoms with Gasteiger partial charge >= 0.3 is 6.03 Å². The molecule has 1 saturated carbocycles. The van der Waals surface area contributed by atoms with Crippen molar-refractivity contribution >= 4 is 23.8 Å². The van der Waals surface area contributed by atoms with Crippen molar-refractivity contribution < 1.29 is 19.2 Å². The number of carbonyl (C=O) groups excluding carboxylic acids is 4. The summed E-state index contributed by atoms with van der Waals surface area (Å²) in [5.41, 5.74) is 0.418. The Hall–Kier alpha value is -2.90. The molecule has 0 aromatic heterocycles. The molecular formula is C23H32N4O4. The van der Waals surface area contributed by atoms with E-state index in [-0.39, 0.29) is 36.9 Å². The number of nitrogens with zero attached hydrogens (tertiary/aromatic N) is 1. The van der Waals surface area contributed by atoms with Gasteiger partial charge in [0.1, 0.15) is 12.1 Å². The van der Waals surface area contributed by atoms with E-state index in [4.69, 9.17) is 0 Å². The van der Waals surface area contributed by atoms with Crippen LogP contribution in [0.4, 0.5) is 4.79 Å². The van der Waals surface area contributed by atoms with E-state index in [1.54, 1.807) is 18.2 Å². The lowest BCUT2D eigenvalue weighted by atomic mass is 9.73. The molecule has 8 nitrogen and oxygen atoms in total. The van der Waals surface area contributed by atoms with Gasteiger partial charge in [0.15, 0.2) is 0 Å². The number of rotatable bonds is 7. The first-order chi connectivity index (χ1) is 14.8. The molecule has 1 aromatic carbocycles. The van der Waals surface area contributed by atoms with E-state index in [0.29, 0.717) is 12.0 Å². The number of urea groups is 1. The highest BCUT2D eigenvalue weighted by molar-refractivity contribution is 6.09. The van der Waals surface area contributed by atoms with Crippen molar-refractivity contribution in [1.82, 2.24) is 20.9 Å². The number of hydrogen-bond acceptors (Lipinski definition) is 4. The minimum atomic E-state index is -0.868. The van der Waals surface area contributed by atoms with Gasteiger partial charge in [-0.05, 0) is 49.8 Å². The predicted octanol–water partition coefficient (Wildman–Crippen LogP) is 2.33. The van der Waals surface area contributed by atoms with Crippen LogP contribution in [0.1, 0.15) is 68.8 Å². The lowest BCUT2D eigenvalue weighted by molar-refractivity contribution is -0.137. The Balaban J connectivity index is 1.57. The van der Waals surface area contributed by atoms with Gasteiger partial charge in [0, 0.05) is 18.2 Å². The summed E-state index contributed by atoms with van der Waals surface area (Å²) in [4.78, 5) is 51.1. The standard InChI is InChI=1S/C23H32N4O4/c1-4-16(3)25-20(29)18-10-7-9-17(12-18)13-24-19(28)14-27-21(30)23(26-22(27)31)11-6-5-8-15(23)2/h7,9-10,12,15-16H,4-6,8,11,13-14H2,1-3H3,(H,24,28)(H,25,29)(H,26,31). The average Bonchev–Trinajstić information content (AvgIpc) is 2.99. The van der Waals surface area contributed by atoms with E-state index in [0.717, 1.165) is 36.1 Å². The van der Waals surface area contributed by atoms with Gasteiger partial charge in [-0.25, -0.2) is 4.79 Å². The molecule has 3 rings (SSSR count). The van der Waals surface area contributed by atoms with Gasteiger partial charge in [-0.15, -0.1) is 0 Å². The number of benzene rings is 1. The van der Waals surface area contributed by atoms with E-state index in [2.05, 4.69) is 16.0 Å². The quantitative estimate of drug-likeness (QED) is 0.579. The Labute approximate surface area is 183 Å². The summed E-state index contributed by atoms with van der Waals surface area (Å²) in [6.45, 7) is 5.81. The minimum absolute atomic E-state index is 0.0510. The van der Waals surface area contributed by atoms with Crippen LogP contribution in [-0.2, 0) is 16.1 Å².